The minimum atomic E-state index is 0.0876. The molecular weight excluding hydrogens is 304 g/mol. The van der Waals surface area contributed by atoms with Gasteiger partial charge in [0.1, 0.15) is 0 Å². The summed E-state index contributed by atoms with van der Waals surface area (Å²) in [4.78, 5) is 0. The molecule has 0 aromatic rings. The fraction of sp³-hybridized carbons (Fsp3) is 1.00. The highest BCUT2D eigenvalue weighted by Gasteiger charge is 2.39. The van der Waals surface area contributed by atoms with E-state index in [9.17, 15) is 0 Å². The number of ether oxygens (including phenoxy) is 2. The van der Waals surface area contributed by atoms with Gasteiger partial charge in [-0.05, 0) is 43.4 Å². The van der Waals surface area contributed by atoms with Gasteiger partial charge in [-0.3, -0.25) is 0 Å². The van der Waals surface area contributed by atoms with E-state index < -0.39 is 0 Å². The average Bonchev–Trinajstić information content (AvgIpc) is 2.89. The molecule has 2 fully saturated rings. The van der Waals surface area contributed by atoms with Crippen LogP contribution in [0.3, 0.4) is 0 Å². The van der Waals surface area contributed by atoms with Crippen molar-refractivity contribution in [1.82, 2.24) is 0 Å². The third kappa shape index (κ3) is 4.18. The molecule has 1 heterocycles. The number of alkyl halides is 1. The van der Waals surface area contributed by atoms with E-state index in [4.69, 9.17) is 9.47 Å². The largest absolute Gasteiger partial charge is 0.381 e. The van der Waals surface area contributed by atoms with Crippen molar-refractivity contribution in [2.75, 3.05) is 25.2 Å². The lowest BCUT2D eigenvalue weighted by atomic mass is 9.69. The Balaban J connectivity index is 1.83. The van der Waals surface area contributed by atoms with Gasteiger partial charge >= 0.3 is 0 Å². The fourth-order valence-corrected chi connectivity index (χ4v) is 4.06. The van der Waals surface area contributed by atoms with Crippen molar-refractivity contribution in [2.24, 2.45) is 17.3 Å². The zero-order valence-corrected chi connectivity index (χ0v) is 14.3. The molecule has 1 aliphatic carbocycles. The van der Waals surface area contributed by atoms with E-state index in [-0.39, 0.29) is 5.60 Å². The first-order chi connectivity index (χ1) is 8.95. The van der Waals surface area contributed by atoms with Crippen molar-refractivity contribution in [3.05, 3.63) is 0 Å². The van der Waals surface area contributed by atoms with E-state index in [1.165, 1.54) is 32.1 Å². The lowest BCUT2D eigenvalue weighted by molar-refractivity contribution is -0.0813. The van der Waals surface area contributed by atoms with Gasteiger partial charge in [0.2, 0.25) is 0 Å². The Kier molecular flexibility index (Phi) is 5.35. The number of halogens is 1. The molecule has 112 valence electrons. The highest BCUT2D eigenvalue weighted by atomic mass is 79.9. The zero-order chi connectivity index (χ0) is 13.9. The van der Waals surface area contributed by atoms with Gasteiger partial charge in [-0.1, -0.05) is 36.7 Å². The van der Waals surface area contributed by atoms with E-state index in [2.05, 4.69) is 36.7 Å². The second-order valence-corrected chi connectivity index (χ2v) is 8.06. The van der Waals surface area contributed by atoms with Crippen molar-refractivity contribution in [3.63, 3.8) is 0 Å². The maximum atomic E-state index is 6.34. The molecule has 0 aromatic heterocycles. The van der Waals surface area contributed by atoms with Gasteiger partial charge in [0.15, 0.2) is 0 Å². The Labute approximate surface area is 126 Å². The Morgan fingerprint density at radius 2 is 1.89 bits per heavy atom. The molecule has 1 unspecified atom stereocenters. The van der Waals surface area contributed by atoms with Gasteiger partial charge in [-0.15, -0.1) is 0 Å². The lowest BCUT2D eigenvalue weighted by Gasteiger charge is -2.43. The van der Waals surface area contributed by atoms with Crippen LogP contribution in [0.15, 0.2) is 0 Å². The molecule has 0 aromatic carbocycles. The molecule has 0 bridgehead atoms. The second kappa shape index (κ2) is 6.44. The molecule has 0 spiro atoms. The first-order valence-corrected chi connectivity index (χ1v) is 8.85. The molecule has 19 heavy (non-hydrogen) atoms. The summed E-state index contributed by atoms with van der Waals surface area (Å²) in [7, 11) is 0. The minimum absolute atomic E-state index is 0.0876. The summed E-state index contributed by atoms with van der Waals surface area (Å²) in [6, 6.07) is 0. The standard InChI is InChI=1S/C16H29BrO2/c1-15(2,3)14-4-7-16(12-17,8-5-14)19-11-13-6-9-18-10-13/h13-14H,4-12H2,1-3H3. The third-order valence-electron chi connectivity index (χ3n) is 5.01. The molecule has 1 saturated heterocycles. The van der Waals surface area contributed by atoms with Gasteiger partial charge in [0.05, 0.1) is 18.8 Å². The van der Waals surface area contributed by atoms with Crippen molar-refractivity contribution in [3.8, 4) is 0 Å². The average molecular weight is 333 g/mol. The first kappa shape index (κ1) is 15.8. The summed E-state index contributed by atoms with van der Waals surface area (Å²) in [5.41, 5.74) is 0.530. The highest BCUT2D eigenvalue weighted by Crippen LogP contribution is 2.43. The van der Waals surface area contributed by atoms with Crippen LogP contribution in [-0.4, -0.2) is 30.8 Å². The minimum Gasteiger partial charge on any atom is -0.381 e. The fourth-order valence-electron chi connectivity index (χ4n) is 3.34. The Morgan fingerprint density at radius 3 is 2.37 bits per heavy atom. The van der Waals surface area contributed by atoms with Crippen LogP contribution in [0.4, 0.5) is 0 Å². The molecule has 0 N–H and O–H groups in total. The maximum absolute atomic E-state index is 6.34. The lowest BCUT2D eigenvalue weighted by Crippen LogP contribution is -2.42. The van der Waals surface area contributed by atoms with Crippen molar-refractivity contribution in [1.29, 1.82) is 0 Å². The Bertz CT molecular complexity index is 271. The second-order valence-electron chi connectivity index (χ2n) is 7.50. The monoisotopic (exact) mass is 332 g/mol. The van der Waals surface area contributed by atoms with Crippen LogP contribution >= 0.6 is 15.9 Å². The van der Waals surface area contributed by atoms with Gasteiger partial charge in [-0.2, -0.15) is 0 Å². The van der Waals surface area contributed by atoms with Crippen LogP contribution in [0.25, 0.3) is 0 Å². The molecule has 2 rings (SSSR count). The first-order valence-electron chi connectivity index (χ1n) is 7.73. The molecule has 1 aliphatic heterocycles. The van der Waals surface area contributed by atoms with E-state index in [0.29, 0.717) is 11.3 Å². The van der Waals surface area contributed by atoms with Crippen molar-refractivity contribution < 1.29 is 9.47 Å². The molecule has 2 aliphatic rings. The van der Waals surface area contributed by atoms with Crippen LogP contribution in [0.2, 0.25) is 0 Å². The quantitative estimate of drug-likeness (QED) is 0.710. The Hall–Kier alpha value is 0.400. The molecule has 1 saturated carbocycles. The summed E-state index contributed by atoms with van der Waals surface area (Å²) in [5.74, 6) is 1.47. The molecule has 2 nitrogen and oxygen atoms in total. The zero-order valence-electron chi connectivity index (χ0n) is 12.7. The number of hydrogen-bond acceptors (Lipinski definition) is 2. The normalized spacial score (nSPS) is 36.6. The van der Waals surface area contributed by atoms with Gasteiger partial charge in [0, 0.05) is 17.9 Å². The van der Waals surface area contributed by atoms with E-state index in [1.54, 1.807) is 0 Å². The maximum Gasteiger partial charge on any atom is 0.0779 e. The Morgan fingerprint density at radius 1 is 1.21 bits per heavy atom. The highest BCUT2D eigenvalue weighted by molar-refractivity contribution is 9.09. The van der Waals surface area contributed by atoms with Crippen LogP contribution in [0.1, 0.15) is 52.9 Å². The third-order valence-corrected chi connectivity index (χ3v) is 6.04. The van der Waals surface area contributed by atoms with Gasteiger partial charge < -0.3 is 9.47 Å². The summed E-state index contributed by atoms with van der Waals surface area (Å²) in [6.07, 6.45) is 6.18. The predicted molar refractivity (Wildman–Crippen MR) is 82.8 cm³/mol. The van der Waals surface area contributed by atoms with E-state index in [1.807, 2.05) is 0 Å². The van der Waals surface area contributed by atoms with Crippen molar-refractivity contribution in [2.45, 2.75) is 58.5 Å². The van der Waals surface area contributed by atoms with E-state index >= 15 is 0 Å². The van der Waals surface area contributed by atoms with E-state index in [0.717, 1.165) is 31.1 Å². The number of hydrogen-bond donors (Lipinski definition) is 0. The van der Waals surface area contributed by atoms with Gasteiger partial charge in [0.25, 0.3) is 0 Å². The topological polar surface area (TPSA) is 18.5 Å². The SMILES string of the molecule is CC(C)(C)C1CCC(CBr)(OCC2CCOC2)CC1. The molecule has 1 atom stereocenters. The smallest absolute Gasteiger partial charge is 0.0779 e. The van der Waals surface area contributed by atoms with Crippen LogP contribution in [0.5, 0.6) is 0 Å². The molecule has 3 heteroatoms. The molecule has 0 radical (unpaired) electrons. The molecule has 0 amide bonds. The summed E-state index contributed by atoms with van der Waals surface area (Å²) in [5, 5.41) is 0.977. The molecular formula is C16H29BrO2. The number of rotatable bonds is 4. The van der Waals surface area contributed by atoms with Crippen LogP contribution < -0.4 is 0 Å². The predicted octanol–water partition coefficient (Wildman–Crippen LogP) is 4.41. The van der Waals surface area contributed by atoms with Crippen LogP contribution in [-0.2, 0) is 9.47 Å². The van der Waals surface area contributed by atoms with Gasteiger partial charge in [-0.25, -0.2) is 0 Å². The van der Waals surface area contributed by atoms with Crippen molar-refractivity contribution >= 4 is 15.9 Å². The summed E-state index contributed by atoms with van der Waals surface area (Å²) < 4.78 is 11.8. The summed E-state index contributed by atoms with van der Waals surface area (Å²) in [6.45, 7) is 9.80. The van der Waals surface area contributed by atoms with Crippen LogP contribution in [0, 0.1) is 17.3 Å². The summed E-state index contributed by atoms with van der Waals surface area (Å²) >= 11 is 3.69.